The summed E-state index contributed by atoms with van der Waals surface area (Å²) >= 11 is 0. The van der Waals surface area contributed by atoms with Crippen LogP contribution in [0.25, 0.3) is 5.78 Å². The van der Waals surface area contributed by atoms with Gasteiger partial charge in [0.05, 0.1) is 7.11 Å². The molecule has 0 unspecified atom stereocenters. The van der Waals surface area contributed by atoms with Gasteiger partial charge in [-0.15, -0.1) is 0 Å². The lowest BCUT2D eigenvalue weighted by molar-refractivity contribution is -0.139. The van der Waals surface area contributed by atoms with Crippen LogP contribution in [0, 0.1) is 0 Å². The van der Waals surface area contributed by atoms with Gasteiger partial charge < -0.3 is 14.4 Å². The molecule has 1 amide bonds. The highest BCUT2D eigenvalue weighted by atomic mass is 19.3. The van der Waals surface area contributed by atoms with Gasteiger partial charge in [-0.25, -0.2) is 13.8 Å². The average Bonchev–Trinajstić information content (AvgIpc) is 3.27. The third-order valence-corrected chi connectivity index (χ3v) is 5.47. The molecule has 3 aromatic rings. The number of benzene rings is 1. The van der Waals surface area contributed by atoms with Gasteiger partial charge in [0.15, 0.2) is 17.6 Å². The van der Waals surface area contributed by atoms with E-state index in [2.05, 4.69) is 15.1 Å². The summed E-state index contributed by atoms with van der Waals surface area (Å²) in [4.78, 5) is 22.9. The van der Waals surface area contributed by atoms with E-state index in [9.17, 15) is 13.6 Å². The Hall–Kier alpha value is -3.30. The molecule has 0 saturated carbocycles. The van der Waals surface area contributed by atoms with Crippen molar-refractivity contribution in [3.05, 3.63) is 48.0 Å². The van der Waals surface area contributed by atoms with Crippen molar-refractivity contribution in [1.29, 1.82) is 0 Å². The Labute approximate surface area is 177 Å². The minimum absolute atomic E-state index is 0.0336. The van der Waals surface area contributed by atoms with Crippen LogP contribution >= 0.6 is 0 Å². The molecule has 1 aromatic carbocycles. The number of alkyl halides is 2. The summed E-state index contributed by atoms with van der Waals surface area (Å²) in [6, 6.07) is 8.55. The topological polar surface area (TPSA) is 81.9 Å². The second kappa shape index (κ2) is 8.83. The predicted molar refractivity (Wildman–Crippen MR) is 107 cm³/mol. The number of carbonyl (C=O) groups is 1. The Balaban J connectivity index is 1.41. The Kier molecular flexibility index (Phi) is 5.97. The lowest BCUT2D eigenvalue weighted by Crippen LogP contribution is -2.44. The lowest BCUT2D eigenvalue weighted by Gasteiger charge is -2.33. The first-order valence-corrected chi connectivity index (χ1v) is 10.0. The van der Waals surface area contributed by atoms with Crippen LogP contribution < -0.4 is 9.47 Å². The highest BCUT2D eigenvalue weighted by molar-refractivity contribution is 5.81. The van der Waals surface area contributed by atoms with Crippen molar-refractivity contribution < 1.29 is 23.0 Å². The molecule has 0 bridgehead atoms. The van der Waals surface area contributed by atoms with Gasteiger partial charge in [0.1, 0.15) is 12.0 Å². The van der Waals surface area contributed by atoms with E-state index in [0.717, 1.165) is 4.52 Å². The molecule has 0 aliphatic carbocycles. The SMILES string of the molecule is COc1ccccc1O[C@@H](C)C(=O)N1CCC(c2cc(C(F)F)n3ncnc3n2)CC1. The molecule has 8 nitrogen and oxygen atoms in total. The smallest absolute Gasteiger partial charge is 0.280 e. The zero-order valence-electron chi connectivity index (χ0n) is 17.2. The summed E-state index contributed by atoms with van der Waals surface area (Å²) in [6.45, 7) is 2.69. The van der Waals surface area contributed by atoms with Gasteiger partial charge in [-0.05, 0) is 38.0 Å². The van der Waals surface area contributed by atoms with E-state index in [-0.39, 0.29) is 23.3 Å². The van der Waals surface area contributed by atoms with Crippen LogP contribution in [0.4, 0.5) is 8.78 Å². The number of hydrogen-bond acceptors (Lipinski definition) is 6. The molecule has 2 aromatic heterocycles. The van der Waals surface area contributed by atoms with Crippen molar-refractivity contribution in [2.75, 3.05) is 20.2 Å². The fraction of sp³-hybridized carbons (Fsp3) is 0.429. The number of rotatable bonds is 6. The number of likely N-dealkylation sites (tertiary alicyclic amines) is 1. The fourth-order valence-electron chi connectivity index (χ4n) is 3.83. The van der Waals surface area contributed by atoms with E-state index in [1.54, 1.807) is 31.1 Å². The third kappa shape index (κ3) is 4.28. The van der Waals surface area contributed by atoms with Crippen molar-refractivity contribution >= 4 is 11.7 Å². The number of para-hydroxylation sites is 2. The molecule has 1 atom stereocenters. The van der Waals surface area contributed by atoms with Gasteiger partial charge in [-0.3, -0.25) is 4.79 Å². The number of fused-ring (bicyclic) bond motifs is 1. The van der Waals surface area contributed by atoms with Crippen LogP contribution in [-0.2, 0) is 4.79 Å². The number of aromatic nitrogens is 4. The minimum atomic E-state index is -2.68. The van der Waals surface area contributed by atoms with Crippen molar-refractivity contribution in [3.63, 3.8) is 0 Å². The van der Waals surface area contributed by atoms with Crippen LogP contribution in [-0.4, -0.2) is 56.7 Å². The van der Waals surface area contributed by atoms with E-state index in [0.29, 0.717) is 43.1 Å². The molecule has 10 heteroatoms. The zero-order chi connectivity index (χ0) is 22.0. The molecular weight excluding hydrogens is 408 g/mol. The largest absolute Gasteiger partial charge is 0.493 e. The van der Waals surface area contributed by atoms with Gasteiger partial charge >= 0.3 is 0 Å². The molecule has 1 aliphatic rings. The summed E-state index contributed by atoms with van der Waals surface area (Å²) in [5.41, 5.74) is 0.330. The number of hydrogen-bond donors (Lipinski definition) is 0. The number of nitrogens with zero attached hydrogens (tertiary/aromatic N) is 5. The normalized spacial score (nSPS) is 16.0. The van der Waals surface area contributed by atoms with E-state index >= 15 is 0 Å². The predicted octanol–water partition coefficient (Wildman–Crippen LogP) is 3.24. The molecule has 4 rings (SSSR count). The van der Waals surface area contributed by atoms with Gasteiger partial charge in [-0.2, -0.15) is 14.6 Å². The maximum Gasteiger partial charge on any atom is 0.280 e. The summed E-state index contributed by atoms with van der Waals surface area (Å²) in [6.07, 6.45) is -0.910. The maximum atomic E-state index is 13.4. The van der Waals surface area contributed by atoms with Crippen molar-refractivity contribution in [1.82, 2.24) is 24.5 Å². The van der Waals surface area contributed by atoms with Gasteiger partial charge in [0.2, 0.25) is 0 Å². The Morgan fingerprint density at radius 1 is 1.19 bits per heavy atom. The van der Waals surface area contributed by atoms with E-state index in [1.165, 1.54) is 12.4 Å². The molecule has 1 fully saturated rings. The Morgan fingerprint density at radius 2 is 1.90 bits per heavy atom. The third-order valence-electron chi connectivity index (χ3n) is 5.47. The fourth-order valence-corrected chi connectivity index (χ4v) is 3.83. The van der Waals surface area contributed by atoms with Crippen LogP contribution in [0.5, 0.6) is 11.5 Å². The quantitative estimate of drug-likeness (QED) is 0.596. The van der Waals surface area contributed by atoms with Crippen molar-refractivity contribution in [2.45, 2.75) is 38.2 Å². The summed E-state index contributed by atoms with van der Waals surface area (Å²) in [7, 11) is 1.55. The van der Waals surface area contributed by atoms with E-state index in [1.807, 2.05) is 12.1 Å². The number of amides is 1. The Bertz CT molecular complexity index is 1070. The molecule has 31 heavy (non-hydrogen) atoms. The molecular formula is C21H23F2N5O3. The van der Waals surface area contributed by atoms with Crippen molar-refractivity contribution in [2.24, 2.45) is 0 Å². The van der Waals surface area contributed by atoms with Gasteiger partial charge in [-0.1, -0.05) is 12.1 Å². The molecule has 0 spiro atoms. The number of piperidine rings is 1. The van der Waals surface area contributed by atoms with Crippen LogP contribution in [0.1, 0.15) is 43.5 Å². The molecule has 1 saturated heterocycles. The molecule has 0 N–H and O–H groups in total. The van der Waals surface area contributed by atoms with E-state index in [4.69, 9.17) is 9.47 Å². The van der Waals surface area contributed by atoms with Crippen LogP contribution in [0.2, 0.25) is 0 Å². The number of carbonyl (C=O) groups excluding carboxylic acids is 1. The highest BCUT2D eigenvalue weighted by Crippen LogP contribution is 2.31. The number of ether oxygens (including phenoxy) is 2. The first-order valence-electron chi connectivity index (χ1n) is 10.0. The zero-order valence-corrected chi connectivity index (χ0v) is 17.2. The summed E-state index contributed by atoms with van der Waals surface area (Å²) in [5, 5.41) is 3.81. The second-order valence-electron chi connectivity index (χ2n) is 7.39. The average molecular weight is 431 g/mol. The highest BCUT2D eigenvalue weighted by Gasteiger charge is 2.29. The molecule has 164 valence electrons. The molecule has 1 aliphatic heterocycles. The second-order valence-corrected chi connectivity index (χ2v) is 7.39. The summed E-state index contributed by atoms with van der Waals surface area (Å²) < 4.78 is 39.0. The van der Waals surface area contributed by atoms with E-state index < -0.39 is 12.5 Å². The number of halogens is 2. The standard InChI is InChI=1S/C21H23F2N5O3/c1-13(31-18-6-4-3-5-17(18)30-2)20(29)27-9-7-14(8-10-27)15-11-16(19(22)23)28-21(26-15)24-12-25-28/h3-6,11-14,19H,7-10H2,1-2H3/t13-/m0/s1. The van der Waals surface area contributed by atoms with Crippen LogP contribution in [0.15, 0.2) is 36.7 Å². The van der Waals surface area contributed by atoms with Gasteiger partial charge in [0, 0.05) is 24.7 Å². The molecule has 3 heterocycles. The Morgan fingerprint density at radius 3 is 2.58 bits per heavy atom. The first kappa shape index (κ1) is 21.0. The molecule has 0 radical (unpaired) electrons. The first-order chi connectivity index (χ1) is 15.0. The van der Waals surface area contributed by atoms with Crippen molar-refractivity contribution in [3.8, 4) is 11.5 Å². The van der Waals surface area contributed by atoms with Gasteiger partial charge in [0.25, 0.3) is 18.1 Å². The lowest BCUT2D eigenvalue weighted by atomic mass is 9.92. The van der Waals surface area contributed by atoms with Crippen LogP contribution in [0.3, 0.4) is 0 Å². The summed E-state index contributed by atoms with van der Waals surface area (Å²) in [5.74, 6) is 1.06. The maximum absolute atomic E-state index is 13.4. The number of methoxy groups -OCH3 is 1. The monoisotopic (exact) mass is 431 g/mol. The minimum Gasteiger partial charge on any atom is -0.493 e.